The molecule has 0 aromatic heterocycles. The van der Waals surface area contributed by atoms with Crippen LogP contribution in [0.3, 0.4) is 0 Å². The highest BCUT2D eigenvalue weighted by Crippen LogP contribution is 2.25. The third kappa shape index (κ3) is 1.67. The average Bonchev–Trinajstić information content (AvgIpc) is 2.29. The van der Waals surface area contributed by atoms with E-state index in [2.05, 4.69) is 0 Å². The third-order valence-corrected chi connectivity index (χ3v) is 2.56. The zero-order valence-electron chi connectivity index (χ0n) is 7.12. The van der Waals surface area contributed by atoms with Gasteiger partial charge in [-0.15, -0.1) is 0 Å². The number of ketones is 1. The molecule has 1 saturated carbocycles. The van der Waals surface area contributed by atoms with Crippen molar-refractivity contribution in [2.75, 3.05) is 13.2 Å². The van der Waals surface area contributed by atoms with Crippen LogP contribution in [0.2, 0.25) is 0 Å². The van der Waals surface area contributed by atoms with E-state index in [9.17, 15) is 4.79 Å². The highest BCUT2D eigenvalue weighted by molar-refractivity contribution is 5.81. The Bertz CT molecular complexity index is 161. The van der Waals surface area contributed by atoms with E-state index in [1.807, 2.05) is 0 Å². The van der Waals surface area contributed by atoms with Gasteiger partial charge in [0.05, 0.1) is 12.2 Å². The second kappa shape index (κ2) is 3.54. The molecule has 3 nitrogen and oxygen atoms in total. The van der Waals surface area contributed by atoms with E-state index in [0.717, 1.165) is 12.8 Å². The van der Waals surface area contributed by atoms with Crippen molar-refractivity contribution >= 4 is 5.78 Å². The van der Waals surface area contributed by atoms with Crippen molar-refractivity contribution in [3.63, 3.8) is 0 Å². The standard InChI is InChI=1S/C9H14O3/c10-7-5-11-8-3-1-2-4-9(8)12-6-7/h8-9H,1-6H2/t8-,9-/m0/s1. The summed E-state index contributed by atoms with van der Waals surface area (Å²) in [5.41, 5.74) is 0. The van der Waals surface area contributed by atoms with Crippen molar-refractivity contribution in [2.24, 2.45) is 0 Å². The molecule has 0 unspecified atom stereocenters. The summed E-state index contributed by atoms with van der Waals surface area (Å²) in [6.45, 7) is 0.502. The van der Waals surface area contributed by atoms with Gasteiger partial charge < -0.3 is 9.47 Å². The van der Waals surface area contributed by atoms with E-state index < -0.39 is 0 Å². The molecule has 0 aromatic carbocycles. The second-order valence-corrected chi connectivity index (χ2v) is 3.52. The Hall–Kier alpha value is -0.410. The lowest BCUT2D eigenvalue weighted by atomic mass is 9.95. The predicted octanol–water partition coefficient (Wildman–Crippen LogP) is 0.913. The maximum Gasteiger partial charge on any atom is 0.184 e. The van der Waals surface area contributed by atoms with Crippen LogP contribution in [0.4, 0.5) is 0 Å². The lowest BCUT2D eigenvalue weighted by Crippen LogP contribution is -2.32. The molecule has 2 aliphatic rings. The van der Waals surface area contributed by atoms with Crippen molar-refractivity contribution in [2.45, 2.75) is 37.9 Å². The van der Waals surface area contributed by atoms with Gasteiger partial charge in [0.15, 0.2) is 5.78 Å². The molecule has 1 saturated heterocycles. The lowest BCUT2D eigenvalue weighted by molar-refractivity contribution is -0.124. The van der Waals surface area contributed by atoms with E-state index >= 15 is 0 Å². The first-order valence-corrected chi connectivity index (χ1v) is 4.61. The Labute approximate surface area is 72.0 Å². The number of hydrogen-bond donors (Lipinski definition) is 0. The van der Waals surface area contributed by atoms with Gasteiger partial charge in [-0.1, -0.05) is 12.8 Å². The van der Waals surface area contributed by atoms with Gasteiger partial charge in [0.2, 0.25) is 0 Å². The molecule has 0 amide bonds. The fraction of sp³-hybridized carbons (Fsp3) is 0.889. The number of carbonyl (C=O) groups is 1. The molecule has 3 heteroatoms. The summed E-state index contributed by atoms with van der Waals surface area (Å²) in [6, 6.07) is 0. The summed E-state index contributed by atoms with van der Waals surface area (Å²) in [5, 5.41) is 0. The van der Waals surface area contributed by atoms with E-state index in [0.29, 0.717) is 0 Å². The molecule has 0 N–H and O–H groups in total. The number of hydrogen-bond acceptors (Lipinski definition) is 3. The first kappa shape index (κ1) is 8.20. The van der Waals surface area contributed by atoms with Gasteiger partial charge in [0.1, 0.15) is 13.2 Å². The zero-order chi connectivity index (χ0) is 8.39. The fourth-order valence-corrected chi connectivity index (χ4v) is 1.89. The Morgan fingerprint density at radius 1 is 1.00 bits per heavy atom. The predicted molar refractivity (Wildman–Crippen MR) is 43.0 cm³/mol. The number of fused-ring (bicyclic) bond motifs is 1. The van der Waals surface area contributed by atoms with E-state index in [4.69, 9.17) is 9.47 Å². The van der Waals surface area contributed by atoms with Gasteiger partial charge in [0.25, 0.3) is 0 Å². The minimum absolute atomic E-state index is 0.0735. The molecule has 68 valence electrons. The summed E-state index contributed by atoms with van der Waals surface area (Å²) in [6.07, 6.45) is 4.89. The Morgan fingerprint density at radius 3 is 2.00 bits per heavy atom. The van der Waals surface area contributed by atoms with Gasteiger partial charge in [-0.05, 0) is 12.8 Å². The van der Waals surface area contributed by atoms with Crippen LogP contribution < -0.4 is 0 Å². The van der Waals surface area contributed by atoms with E-state index in [1.54, 1.807) is 0 Å². The molecule has 0 radical (unpaired) electrons. The van der Waals surface area contributed by atoms with Crippen LogP contribution >= 0.6 is 0 Å². The number of carbonyl (C=O) groups excluding carboxylic acids is 1. The zero-order valence-corrected chi connectivity index (χ0v) is 7.12. The minimum atomic E-state index is 0.0735. The quantitative estimate of drug-likeness (QED) is 0.542. The van der Waals surface area contributed by atoms with Crippen LogP contribution in [0.25, 0.3) is 0 Å². The van der Waals surface area contributed by atoms with Gasteiger partial charge in [-0.2, -0.15) is 0 Å². The van der Waals surface area contributed by atoms with Crippen molar-refractivity contribution < 1.29 is 14.3 Å². The highest BCUT2D eigenvalue weighted by Gasteiger charge is 2.29. The van der Waals surface area contributed by atoms with Gasteiger partial charge in [0, 0.05) is 0 Å². The normalized spacial score (nSPS) is 37.2. The van der Waals surface area contributed by atoms with Crippen LogP contribution in [-0.4, -0.2) is 31.2 Å². The first-order valence-electron chi connectivity index (χ1n) is 4.61. The van der Waals surface area contributed by atoms with Crippen molar-refractivity contribution in [3.05, 3.63) is 0 Å². The van der Waals surface area contributed by atoms with Crippen LogP contribution in [0.1, 0.15) is 25.7 Å². The molecule has 2 rings (SSSR count). The van der Waals surface area contributed by atoms with E-state index in [1.165, 1.54) is 12.8 Å². The fourth-order valence-electron chi connectivity index (χ4n) is 1.89. The topological polar surface area (TPSA) is 35.5 Å². The van der Waals surface area contributed by atoms with Gasteiger partial charge in [-0.3, -0.25) is 4.79 Å². The summed E-state index contributed by atoms with van der Waals surface area (Å²) in [7, 11) is 0. The van der Waals surface area contributed by atoms with Crippen LogP contribution in [0.5, 0.6) is 0 Å². The maximum absolute atomic E-state index is 11.0. The maximum atomic E-state index is 11.0. The molecular formula is C9H14O3. The molecular weight excluding hydrogens is 156 g/mol. The third-order valence-electron chi connectivity index (χ3n) is 2.56. The largest absolute Gasteiger partial charge is 0.368 e. The number of Topliss-reactive ketones (excluding diaryl/α,β-unsaturated/α-hetero) is 1. The summed E-state index contributed by atoms with van der Waals surface area (Å²) in [4.78, 5) is 11.0. The summed E-state index contributed by atoms with van der Waals surface area (Å²) in [5.74, 6) is 0.0735. The van der Waals surface area contributed by atoms with Gasteiger partial charge in [-0.25, -0.2) is 0 Å². The SMILES string of the molecule is O=C1CO[C@H]2CCCC[C@@H]2OC1. The number of rotatable bonds is 0. The molecule has 0 aromatic rings. The Balaban J connectivity index is 1.98. The van der Waals surface area contributed by atoms with Crippen molar-refractivity contribution in [1.29, 1.82) is 0 Å². The molecule has 1 heterocycles. The van der Waals surface area contributed by atoms with Crippen molar-refractivity contribution in [3.8, 4) is 0 Å². The molecule has 2 fully saturated rings. The molecule has 0 spiro atoms. The monoisotopic (exact) mass is 170 g/mol. The van der Waals surface area contributed by atoms with E-state index in [-0.39, 0.29) is 31.2 Å². The average molecular weight is 170 g/mol. The Morgan fingerprint density at radius 2 is 1.50 bits per heavy atom. The highest BCUT2D eigenvalue weighted by atomic mass is 16.6. The minimum Gasteiger partial charge on any atom is -0.368 e. The number of ether oxygens (including phenoxy) is 2. The van der Waals surface area contributed by atoms with Crippen LogP contribution in [-0.2, 0) is 14.3 Å². The van der Waals surface area contributed by atoms with Gasteiger partial charge >= 0.3 is 0 Å². The van der Waals surface area contributed by atoms with Crippen molar-refractivity contribution in [1.82, 2.24) is 0 Å². The lowest BCUT2D eigenvalue weighted by Gasteiger charge is -2.28. The second-order valence-electron chi connectivity index (χ2n) is 3.52. The van der Waals surface area contributed by atoms with Crippen LogP contribution in [0, 0.1) is 0 Å². The first-order chi connectivity index (χ1) is 5.86. The molecule has 12 heavy (non-hydrogen) atoms. The summed E-state index contributed by atoms with van der Waals surface area (Å²) >= 11 is 0. The molecule has 1 aliphatic carbocycles. The summed E-state index contributed by atoms with van der Waals surface area (Å²) < 4.78 is 10.9. The van der Waals surface area contributed by atoms with Crippen LogP contribution in [0.15, 0.2) is 0 Å². The Kier molecular flexibility index (Phi) is 2.42. The molecule has 2 atom stereocenters. The smallest absolute Gasteiger partial charge is 0.184 e. The molecule has 1 aliphatic heterocycles. The molecule has 0 bridgehead atoms.